The number of aryl methyl sites for hydroxylation is 1. The number of likely N-dealkylation sites (N-methyl/N-ethyl adjacent to an activating group) is 1. The Hall–Kier alpha value is -0.800. The van der Waals surface area contributed by atoms with Gasteiger partial charge in [0.1, 0.15) is 5.76 Å². The van der Waals surface area contributed by atoms with Crippen LogP contribution in [0.15, 0.2) is 22.8 Å². The van der Waals surface area contributed by atoms with E-state index in [1.54, 1.807) is 6.26 Å². The number of rotatable bonds is 9. The second kappa shape index (κ2) is 8.36. The minimum absolute atomic E-state index is 0.432. The Morgan fingerprint density at radius 3 is 2.94 bits per heavy atom. The molecule has 1 unspecified atom stereocenters. The maximum Gasteiger partial charge on any atom is 0.103 e. The maximum atomic E-state index is 5.57. The molecule has 16 heavy (non-hydrogen) atoms. The zero-order valence-electron chi connectivity index (χ0n) is 10.4. The van der Waals surface area contributed by atoms with Gasteiger partial charge >= 0.3 is 0 Å². The minimum Gasteiger partial charge on any atom is -0.469 e. The summed E-state index contributed by atoms with van der Waals surface area (Å²) < 4.78 is 10.9. The average molecular weight is 225 g/mol. The van der Waals surface area contributed by atoms with Crippen molar-refractivity contribution in [1.82, 2.24) is 5.32 Å². The van der Waals surface area contributed by atoms with Crippen LogP contribution in [-0.4, -0.2) is 25.8 Å². The molecule has 1 N–H and O–H groups in total. The zero-order chi connectivity index (χ0) is 11.6. The van der Waals surface area contributed by atoms with Crippen LogP contribution in [0.4, 0.5) is 0 Å². The highest BCUT2D eigenvalue weighted by atomic mass is 16.5. The van der Waals surface area contributed by atoms with Crippen molar-refractivity contribution in [1.29, 1.82) is 0 Å². The topological polar surface area (TPSA) is 34.4 Å². The smallest absolute Gasteiger partial charge is 0.103 e. The van der Waals surface area contributed by atoms with Gasteiger partial charge in [0, 0.05) is 19.1 Å². The van der Waals surface area contributed by atoms with Crippen LogP contribution in [-0.2, 0) is 11.2 Å². The van der Waals surface area contributed by atoms with E-state index in [2.05, 4.69) is 19.2 Å². The van der Waals surface area contributed by atoms with Gasteiger partial charge in [-0.25, -0.2) is 0 Å². The Morgan fingerprint density at radius 1 is 1.44 bits per heavy atom. The molecule has 1 aromatic rings. The lowest BCUT2D eigenvalue weighted by Crippen LogP contribution is -2.33. The van der Waals surface area contributed by atoms with Crippen molar-refractivity contribution >= 4 is 0 Å². The Balaban J connectivity index is 2.21. The van der Waals surface area contributed by atoms with Gasteiger partial charge in [-0.3, -0.25) is 0 Å². The van der Waals surface area contributed by atoms with E-state index in [1.165, 1.54) is 0 Å². The molecule has 1 atom stereocenters. The van der Waals surface area contributed by atoms with Crippen LogP contribution < -0.4 is 5.32 Å². The van der Waals surface area contributed by atoms with Crippen LogP contribution in [0.25, 0.3) is 0 Å². The second-order valence-electron chi connectivity index (χ2n) is 3.95. The predicted molar refractivity (Wildman–Crippen MR) is 65.6 cm³/mol. The SMILES string of the molecule is CCCOCC(CCc1ccco1)NCC. The summed E-state index contributed by atoms with van der Waals surface area (Å²) in [4.78, 5) is 0. The number of hydrogen-bond acceptors (Lipinski definition) is 3. The molecule has 0 bridgehead atoms. The molecular formula is C13H23NO2. The van der Waals surface area contributed by atoms with Crippen molar-refractivity contribution in [3.8, 4) is 0 Å². The summed E-state index contributed by atoms with van der Waals surface area (Å²) in [6.07, 6.45) is 4.84. The number of nitrogens with one attached hydrogen (secondary N) is 1. The monoisotopic (exact) mass is 225 g/mol. The van der Waals surface area contributed by atoms with E-state index in [0.29, 0.717) is 6.04 Å². The molecule has 0 saturated heterocycles. The van der Waals surface area contributed by atoms with Crippen molar-refractivity contribution in [3.05, 3.63) is 24.2 Å². The van der Waals surface area contributed by atoms with Gasteiger partial charge in [0.05, 0.1) is 12.9 Å². The summed E-state index contributed by atoms with van der Waals surface area (Å²) >= 11 is 0. The van der Waals surface area contributed by atoms with Crippen LogP contribution in [0.5, 0.6) is 0 Å². The van der Waals surface area contributed by atoms with Crippen molar-refractivity contribution in [3.63, 3.8) is 0 Å². The van der Waals surface area contributed by atoms with E-state index in [-0.39, 0.29) is 0 Å². The highest BCUT2D eigenvalue weighted by Gasteiger charge is 2.08. The Bertz CT molecular complexity index is 246. The third kappa shape index (κ3) is 5.33. The molecule has 0 aliphatic carbocycles. The first-order valence-electron chi connectivity index (χ1n) is 6.20. The van der Waals surface area contributed by atoms with E-state index in [0.717, 1.165) is 44.8 Å². The van der Waals surface area contributed by atoms with E-state index >= 15 is 0 Å². The third-order valence-corrected chi connectivity index (χ3v) is 2.48. The number of hydrogen-bond donors (Lipinski definition) is 1. The summed E-state index contributed by atoms with van der Waals surface area (Å²) in [6, 6.07) is 4.39. The first-order valence-corrected chi connectivity index (χ1v) is 6.20. The summed E-state index contributed by atoms with van der Waals surface area (Å²) in [6.45, 7) is 6.88. The normalized spacial score (nSPS) is 12.9. The predicted octanol–water partition coefficient (Wildman–Crippen LogP) is 2.62. The molecular weight excluding hydrogens is 202 g/mol. The molecule has 3 heteroatoms. The van der Waals surface area contributed by atoms with E-state index in [1.807, 2.05) is 12.1 Å². The molecule has 0 aliphatic rings. The molecule has 0 fully saturated rings. The number of ether oxygens (including phenoxy) is 1. The van der Waals surface area contributed by atoms with Gasteiger partial charge in [0.15, 0.2) is 0 Å². The van der Waals surface area contributed by atoms with Gasteiger partial charge in [-0.1, -0.05) is 13.8 Å². The lowest BCUT2D eigenvalue weighted by molar-refractivity contribution is 0.109. The summed E-state index contributed by atoms with van der Waals surface area (Å²) in [5.74, 6) is 1.05. The molecule has 1 heterocycles. The zero-order valence-corrected chi connectivity index (χ0v) is 10.4. The summed E-state index contributed by atoms with van der Waals surface area (Å²) in [7, 11) is 0. The molecule has 0 radical (unpaired) electrons. The van der Waals surface area contributed by atoms with Crippen LogP contribution >= 0.6 is 0 Å². The maximum absolute atomic E-state index is 5.57. The standard InChI is InChI=1S/C13H23NO2/c1-3-9-15-11-12(14-4-2)7-8-13-6-5-10-16-13/h5-6,10,12,14H,3-4,7-9,11H2,1-2H3. The van der Waals surface area contributed by atoms with E-state index in [9.17, 15) is 0 Å². The van der Waals surface area contributed by atoms with Crippen LogP contribution in [0.3, 0.4) is 0 Å². The fourth-order valence-electron chi connectivity index (χ4n) is 1.67. The molecule has 1 rings (SSSR count). The minimum atomic E-state index is 0.432. The molecule has 0 amide bonds. The van der Waals surface area contributed by atoms with Crippen molar-refractivity contribution in [2.24, 2.45) is 0 Å². The summed E-state index contributed by atoms with van der Waals surface area (Å²) in [5.41, 5.74) is 0. The molecule has 1 aromatic heterocycles. The molecule has 0 aliphatic heterocycles. The Labute approximate surface area is 98.2 Å². The average Bonchev–Trinajstić information content (AvgIpc) is 2.79. The first-order chi connectivity index (χ1) is 7.86. The van der Waals surface area contributed by atoms with Crippen LogP contribution in [0.1, 0.15) is 32.4 Å². The van der Waals surface area contributed by atoms with Gasteiger partial charge in [-0.15, -0.1) is 0 Å². The highest BCUT2D eigenvalue weighted by Crippen LogP contribution is 2.06. The Morgan fingerprint density at radius 2 is 2.31 bits per heavy atom. The fraction of sp³-hybridized carbons (Fsp3) is 0.692. The largest absolute Gasteiger partial charge is 0.469 e. The molecule has 3 nitrogen and oxygen atoms in total. The second-order valence-corrected chi connectivity index (χ2v) is 3.95. The van der Waals surface area contributed by atoms with Crippen LogP contribution in [0.2, 0.25) is 0 Å². The lowest BCUT2D eigenvalue weighted by atomic mass is 10.1. The van der Waals surface area contributed by atoms with Crippen molar-refractivity contribution in [2.45, 2.75) is 39.2 Å². The molecule has 0 spiro atoms. The van der Waals surface area contributed by atoms with Gasteiger partial charge in [0.2, 0.25) is 0 Å². The van der Waals surface area contributed by atoms with Crippen molar-refractivity contribution in [2.75, 3.05) is 19.8 Å². The molecule has 92 valence electrons. The third-order valence-electron chi connectivity index (χ3n) is 2.48. The highest BCUT2D eigenvalue weighted by molar-refractivity contribution is 4.98. The lowest BCUT2D eigenvalue weighted by Gasteiger charge is -2.17. The number of furan rings is 1. The van der Waals surface area contributed by atoms with Crippen LogP contribution in [0, 0.1) is 0 Å². The molecule has 0 saturated carbocycles. The van der Waals surface area contributed by atoms with Gasteiger partial charge in [-0.2, -0.15) is 0 Å². The van der Waals surface area contributed by atoms with Crippen molar-refractivity contribution < 1.29 is 9.15 Å². The quantitative estimate of drug-likeness (QED) is 0.656. The summed E-state index contributed by atoms with van der Waals surface area (Å²) in [5, 5.41) is 3.44. The van der Waals surface area contributed by atoms with E-state index in [4.69, 9.17) is 9.15 Å². The first kappa shape index (κ1) is 13.3. The van der Waals surface area contributed by atoms with Gasteiger partial charge in [-0.05, 0) is 31.5 Å². The fourth-order valence-corrected chi connectivity index (χ4v) is 1.67. The molecule has 0 aromatic carbocycles. The van der Waals surface area contributed by atoms with E-state index < -0.39 is 0 Å². The Kier molecular flexibility index (Phi) is 6.93. The van der Waals surface area contributed by atoms with Gasteiger partial charge in [0.25, 0.3) is 0 Å². The van der Waals surface area contributed by atoms with Gasteiger partial charge < -0.3 is 14.5 Å².